The molecule has 3 aromatic carbocycles. The van der Waals surface area contributed by atoms with Gasteiger partial charge in [0.2, 0.25) is 0 Å². The molecular formula is C26H22ClFN2O3. The van der Waals surface area contributed by atoms with Crippen molar-refractivity contribution in [1.82, 2.24) is 0 Å². The fraction of sp³-hybridized carbons (Fsp3) is 0.154. The van der Waals surface area contributed by atoms with Crippen molar-refractivity contribution in [1.29, 1.82) is 0 Å². The van der Waals surface area contributed by atoms with E-state index in [2.05, 4.69) is 5.32 Å². The molecule has 1 heterocycles. The number of carbonyl (C=O) groups excluding carboxylic acids is 2. The van der Waals surface area contributed by atoms with Gasteiger partial charge in [-0.3, -0.25) is 9.59 Å². The topological polar surface area (TPSA) is 58.6 Å². The Hall–Kier alpha value is -3.64. The maximum absolute atomic E-state index is 13.5. The van der Waals surface area contributed by atoms with Crippen LogP contribution in [0.3, 0.4) is 0 Å². The fourth-order valence-electron chi connectivity index (χ4n) is 3.55. The molecule has 0 radical (unpaired) electrons. The van der Waals surface area contributed by atoms with Crippen LogP contribution in [0.4, 0.5) is 15.8 Å². The number of anilines is 2. The molecule has 0 fully saturated rings. The summed E-state index contributed by atoms with van der Waals surface area (Å²) >= 11 is 6.25. The minimum absolute atomic E-state index is 0.122. The Morgan fingerprint density at radius 3 is 2.33 bits per heavy atom. The molecule has 0 unspecified atom stereocenters. The molecule has 168 valence electrons. The van der Waals surface area contributed by atoms with Gasteiger partial charge in [0.25, 0.3) is 11.8 Å². The minimum atomic E-state index is -0.535. The van der Waals surface area contributed by atoms with Gasteiger partial charge in [-0.05, 0) is 73.0 Å². The van der Waals surface area contributed by atoms with E-state index in [1.54, 1.807) is 42.5 Å². The van der Waals surface area contributed by atoms with E-state index in [0.29, 0.717) is 28.6 Å². The predicted octanol–water partition coefficient (Wildman–Crippen LogP) is 5.97. The smallest absolute Gasteiger partial charge is 0.282 e. The van der Waals surface area contributed by atoms with Crippen LogP contribution in [0.1, 0.15) is 24.5 Å². The van der Waals surface area contributed by atoms with Gasteiger partial charge in [0.1, 0.15) is 17.3 Å². The molecular weight excluding hydrogens is 443 g/mol. The number of halogens is 2. The van der Waals surface area contributed by atoms with Crippen LogP contribution in [0.25, 0.3) is 5.57 Å². The number of imide groups is 1. The van der Waals surface area contributed by atoms with Crippen molar-refractivity contribution in [2.75, 3.05) is 16.8 Å². The lowest BCUT2D eigenvalue weighted by molar-refractivity contribution is -0.120. The molecule has 0 bridgehead atoms. The predicted molar refractivity (Wildman–Crippen MR) is 128 cm³/mol. The third-order valence-electron chi connectivity index (χ3n) is 5.31. The van der Waals surface area contributed by atoms with E-state index in [1.165, 1.54) is 24.3 Å². The summed E-state index contributed by atoms with van der Waals surface area (Å²) in [6, 6.07) is 17.5. The second-order valence-corrected chi connectivity index (χ2v) is 7.99. The molecule has 1 aliphatic heterocycles. The number of amides is 2. The second kappa shape index (κ2) is 9.46. The average Bonchev–Trinajstić information content (AvgIpc) is 3.06. The quantitative estimate of drug-likeness (QED) is 0.437. The zero-order valence-electron chi connectivity index (χ0n) is 18.2. The van der Waals surface area contributed by atoms with Crippen molar-refractivity contribution >= 4 is 40.4 Å². The van der Waals surface area contributed by atoms with Crippen LogP contribution in [0.15, 0.2) is 72.4 Å². The van der Waals surface area contributed by atoms with Crippen LogP contribution >= 0.6 is 11.6 Å². The van der Waals surface area contributed by atoms with E-state index in [9.17, 15) is 14.0 Å². The molecule has 33 heavy (non-hydrogen) atoms. The number of benzene rings is 3. The molecule has 3 aromatic rings. The van der Waals surface area contributed by atoms with E-state index in [0.717, 1.165) is 16.9 Å². The van der Waals surface area contributed by atoms with Gasteiger partial charge < -0.3 is 10.1 Å². The first-order valence-electron chi connectivity index (χ1n) is 10.5. The molecule has 7 heteroatoms. The third-order valence-corrected chi connectivity index (χ3v) is 5.72. The summed E-state index contributed by atoms with van der Waals surface area (Å²) in [6.07, 6.45) is 0.875. The number of hydrogen-bond acceptors (Lipinski definition) is 4. The van der Waals surface area contributed by atoms with Crippen LogP contribution < -0.4 is 15.0 Å². The highest BCUT2D eigenvalue weighted by molar-refractivity contribution is 6.46. The highest BCUT2D eigenvalue weighted by atomic mass is 35.5. The highest BCUT2D eigenvalue weighted by Gasteiger charge is 2.40. The van der Waals surface area contributed by atoms with Crippen molar-refractivity contribution < 1.29 is 18.7 Å². The molecule has 1 N–H and O–H groups in total. The lowest BCUT2D eigenvalue weighted by Gasteiger charge is -2.16. The van der Waals surface area contributed by atoms with Crippen molar-refractivity contribution in [2.45, 2.75) is 20.3 Å². The van der Waals surface area contributed by atoms with Gasteiger partial charge in [-0.25, -0.2) is 9.29 Å². The SMILES string of the molecule is CCCOc1ccc(C2=C(Nc3cccc(Cl)c3C)C(=O)N(c3ccc(F)cc3)C2=O)cc1. The standard InChI is InChI=1S/C26H22ClFN2O3/c1-3-15-33-20-13-7-17(8-14-20)23-24(29-22-6-4-5-21(27)16(22)2)26(32)30(25(23)31)19-11-9-18(28)10-12-19/h4-14,29H,3,15H2,1-2H3. The summed E-state index contributed by atoms with van der Waals surface area (Å²) in [5.74, 6) is -0.821. The summed E-state index contributed by atoms with van der Waals surface area (Å²) < 4.78 is 19.1. The number of nitrogens with zero attached hydrogens (tertiary/aromatic N) is 1. The zero-order chi connectivity index (χ0) is 23.5. The maximum Gasteiger partial charge on any atom is 0.282 e. The monoisotopic (exact) mass is 464 g/mol. The van der Waals surface area contributed by atoms with Gasteiger partial charge in [0.15, 0.2) is 0 Å². The second-order valence-electron chi connectivity index (χ2n) is 7.58. The van der Waals surface area contributed by atoms with E-state index in [-0.39, 0.29) is 17.0 Å². The zero-order valence-corrected chi connectivity index (χ0v) is 18.9. The van der Waals surface area contributed by atoms with Crippen LogP contribution in [0, 0.1) is 12.7 Å². The van der Waals surface area contributed by atoms with Crippen LogP contribution in [-0.2, 0) is 9.59 Å². The summed E-state index contributed by atoms with van der Waals surface area (Å²) in [5.41, 5.74) is 2.54. The van der Waals surface area contributed by atoms with Crippen molar-refractivity contribution in [2.24, 2.45) is 0 Å². The minimum Gasteiger partial charge on any atom is -0.494 e. The van der Waals surface area contributed by atoms with Gasteiger partial charge in [0.05, 0.1) is 17.9 Å². The first kappa shape index (κ1) is 22.6. The highest BCUT2D eigenvalue weighted by Crippen LogP contribution is 2.35. The van der Waals surface area contributed by atoms with Crippen LogP contribution in [0.2, 0.25) is 5.02 Å². The molecule has 0 aromatic heterocycles. The summed E-state index contributed by atoms with van der Waals surface area (Å²) in [6.45, 7) is 4.42. The van der Waals surface area contributed by atoms with Crippen molar-refractivity contribution in [3.05, 3.63) is 94.4 Å². The summed E-state index contributed by atoms with van der Waals surface area (Å²) in [4.78, 5) is 27.9. The van der Waals surface area contributed by atoms with Gasteiger partial charge in [0, 0.05) is 10.7 Å². The van der Waals surface area contributed by atoms with E-state index >= 15 is 0 Å². The Kier molecular flexibility index (Phi) is 6.47. The Morgan fingerprint density at radius 2 is 1.67 bits per heavy atom. The lowest BCUT2D eigenvalue weighted by Crippen LogP contribution is -2.32. The Bertz CT molecular complexity index is 1240. The normalized spacial score (nSPS) is 13.6. The molecule has 0 aliphatic carbocycles. The van der Waals surface area contributed by atoms with Crippen molar-refractivity contribution in [3.63, 3.8) is 0 Å². The lowest BCUT2D eigenvalue weighted by atomic mass is 10.0. The molecule has 0 spiro atoms. The molecule has 5 nitrogen and oxygen atoms in total. The molecule has 4 rings (SSSR count). The van der Waals surface area contributed by atoms with Crippen LogP contribution in [0.5, 0.6) is 5.75 Å². The van der Waals surface area contributed by atoms with E-state index in [1.807, 2.05) is 13.8 Å². The van der Waals surface area contributed by atoms with Gasteiger partial charge in [-0.2, -0.15) is 0 Å². The summed E-state index contributed by atoms with van der Waals surface area (Å²) in [7, 11) is 0. The number of hydrogen-bond donors (Lipinski definition) is 1. The Morgan fingerprint density at radius 1 is 0.970 bits per heavy atom. The fourth-order valence-corrected chi connectivity index (χ4v) is 3.73. The molecule has 0 saturated heterocycles. The molecule has 2 amide bonds. The largest absolute Gasteiger partial charge is 0.494 e. The third kappa shape index (κ3) is 4.47. The number of rotatable bonds is 7. The van der Waals surface area contributed by atoms with E-state index in [4.69, 9.17) is 16.3 Å². The molecule has 1 aliphatic rings. The molecule has 0 atom stereocenters. The van der Waals surface area contributed by atoms with Gasteiger partial charge in [-0.1, -0.05) is 36.7 Å². The van der Waals surface area contributed by atoms with Crippen LogP contribution in [-0.4, -0.2) is 18.4 Å². The Labute approximate surface area is 196 Å². The summed E-state index contributed by atoms with van der Waals surface area (Å²) in [5, 5.41) is 3.65. The maximum atomic E-state index is 13.5. The molecule has 0 saturated carbocycles. The number of ether oxygens (including phenoxy) is 1. The van der Waals surface area contributed by atoms with Gasteiger partial charge >= 0.3 is 0 Å². The van der Waals surface area contributed by atoms with E-state index < -0.39 is 17.6 Å². The van der Waals surface area contributed by atoms with Crippen molar-refractivity contribution in [3.8, 4) is 5.75 Å². The van der Waals surface area contributed by atoms with Gasteiger partial charge in [-0.15, -0.1) is 0 Å². The average molecular weight is 465 g/mol. The first-order chi connectivity index (χ1) is 15.9. The first-order valence-corrected chi connectivity index (χ1v) is 10.9. The number of nitrogens with one attached hydrogen (secondary N) is 1. The Balaban J connectivity index is 1.78. The number of carbonyl (C=O) groups is 2.